The summed E-state index contributed by atoms with van der Waals surface area (Å²) in [6, 6.07) is 79.2. The summed E-state index contributed by atoms with van der Waals surface area (Å²) in [4.78, 5) is 16.8. The van der Waals surface area contributed by atoms with Gasteiger partial charge in [0.1, 0.15) is 0 Å². The zero-order valence-corrected chi connectivity index (χ0v) is 33.9. The smallest absolute Gasteiger partial charge is 0.160 e. The maximum absolute atomic E-state index is 5.43. The van der Waals surface area contributed by atoms with Gasteiger partial charge in [-0.25, -0.2) is 15.0 Å². The lowest BCUT2D eigenvalue weighted by molar-refractivity contribution is 1.18. The minimum absolute atomic E-state index is 0.699. The second-order valence-electron chi connectivity index (χ2n) is 15.2. The molecular formula is C57H37N3S. The van der Waals surface area contributed by atoms with Gasteiger partial charge in [0.25, 0.3) is 0 Å². The van der Waals surface area contributed by atoms with Gasteiger partial charge in [-0.05, 0) is 63.7 Å². The second kappa shape index (κ2) is 15.8. The quantitative estimate of drug-likeness (QED) is 0.154. The van der Waals surface area contributed by atoms with Gasteiger partial charge in [-0.1, -0.05) is 194 Å². The van der Waals surface area contributed by atoms with Crippen molar-refractivity contribution >= 4 is 32.3 Å². The minimum atomic E-state index is 0.699. The van der Waals surface area contributed by atoms with Crippen LogP contribution in [-0.2, 0) is 0 Å². The van der Waals surface area contributed by atoms with Gasteiger partial charge in [0, 0.05) is 48.2 Å². The van der Waals surface area contributed by atoms with Gasteiger partial charge in [-0.15, -0.1) is 11.3 Å². The Kier molecular flexibility index (Phi) is 9.38. The zero-order chi connectivity index (χ0) is 40.5. The average molecular weight is 796 g/mol. The first-order chi connectivity index (χ1) is 30.2. The first kappa shape index (κ1) is 36.3. The van der Waals surface area contributed by atoms with Crippen LogP contribution in [0.3, 0.4) is 0 Å². The highest BCUT2D eigenvalue weighted by Gasteiger charge is 2.24. The molecule has 0 atom stereocenters. The van der Waals surface area contributed by atoms with Crippen molar-refractivity contribution in [2.45, 2.75) is 0 Å². The summed E-state index contributed by atoms with van der Waals surface area (Å²) in [7, 11) is 0. The topological polar surface area (TPSA) is 38.7 Å². The van der Waals surface area contributed by atoms with Gasteiger partial charge < -0.3 is 0 Å². The van der Waals surface area contributed by atoms with E-state index in [0.29, 0.717) is 5.82 Å². The Morgan fingerprint density at radius 3 is 1.33 bits per heavy atom. The van der Waals surface area contributed by atoms with E-state index in [0.717, 1.165) is 61.2 Å². The fourth-order valence-electron chi connectivity index (χ4n) is 8.30. The van der Waals surface area contributed by atoms with E-state index in [1.54, 1.807) is 0 Å². The second-order valence-corrected chi connectivity index (χ2v) is 16.2. The van der Waals surface area contributed by atoms with Crippen molar-refractivity contribution in [2.24, 2.45) is 0 Å². The molecule has 3 nitrogen and oxygen atoms in total. The van der Waals surface area contributed by atoms with Crippen LogP contribution in [0.15, 0.2) is 224 Å². The molecule has 0 aliphatic heterocycles. The van der Waals surface area contributed by atoms with Crippen molar-refractivity contribution in [3.05, 3.63) is 224 Å². The molecule has 0 spiro atoms. The van der Waals surface area contributed by atoms with Crippen LogP contribution in [0.5, 0.6) is 0 Å². The Morgan fingerprint density at radius 2 is 0.754 bits per heavy atom. The summed E-state index contributed by atoms with van der Waals surface area (Å²) in [5.74, 6) is 0.699. The zero-order valence-electron chi connectivity index (χ0n) is 33.1. The van der Waals surface area contributed by atoms with Gasteiger partial charge in [0.05, 0.1) is 22.6 Å². The molecule has 0 saturated carbocycles. The van der Waals surface area contributed by atoms with Crippen LogP contribution in [0.25, 0.3) is 110 Å². The Balaban J connectivity index is 1.16. The molecule has 0 aliphatic rings. The third kappa shape index (κ3) is 6.99. The number of nitrogens with zero attached hydrogens (tertiary/aromatic N) is 3. The molecule has 8 aromatic carbocycles. The predicted molar refractivity (Wildman–Crippen MR) is 256 cm³/mol. The molecule has 11 aromatic rings. The maximum atomic E-state index is 5.43. The van der Waals surface area contributed by atoms with Crippen LogP contribution in [0, 0.1) is 0 Å². The van der Waals surface area contributed by atoms with E-state index in [9.17, 15) is 0 Å². The molecular weight excluding hydrogens is 759 g/mol. The molecule has 0 aliphatic carbocycles. The fraction of sp³-hybridized carbons (Fsp3) is 0. The maximum Gasteiger partial charge on any atom is 0.160 e. The first-order valence-corrected chi connectivity index (χ1v) is 21.3. The molecule has 11 rings (SSSR count). The van der Waals surface area contributed by atoms with E-state index in [1.165, 1.54) is 43.0 Å². The normalized spacial score (nSPS) is 11.3. The third-order valence-corrected chi connectivity index (χ3v) is 12.6. The molecule has 0 radical (unpaired) electrons. The Labute approximate surface area is 359 Å². The summed E-state index contributed by atoms with van der Waals surface area (Å²) in [5, 5.41) is 2.31. The minimum Gasteiger partial charge on any atom is -0.247 e. The van der Waals surface area contributed by atoms with Crippen molar-refractivity contribution in [3.63, 3.8) is 0 Å². The number of rotatable bonds is 8. The molecule has 0 N–H and O–H groups in total. The van der Waals surface area contributed by atoms with Gasteiger partial charge in [-0.2, -0.15) is 0 Å². The van der Waals surface area contributed by atoms with Gasteiger partial charge in [-0.3, -0.25) is 0 Å². The van der Waals surface area contributed by atoms with Gasteiger partial charge in [0.15, 0.2) is 5.82 Å². The van der Waals surface area contributed by atoms with Crippen LogP contribution in [0.4, 0.5) is 0 Å². The highest BCUT2D eigenvalue weighted by Crippen LogP contribution is 2.51. The lowest BCUT2D eigenvalue weighted by atomic mass is 9.91. The summed E-state index contributed by atoms with van der Waals surface area (Å²) >= 11 is 1.86. The van der Waals surface area contributed by atoms with Crippen molar-refractivity contribution < 1.29 is 0 Å². The third-order valence-electron chi connectivity index (χ3n) is 11.3. The van der Waals surface area contributed by atoms with Crippen molar-refractivity contribution in [2.75, 3.05) is 0 Å². The number of aromatic nitrogens is 3. The first-order valence-electron chi connectivity index (χ1n) is 20.5. The molecule has 0 fully saturated rings. The highest BCUT2D eigenvalue weighted by atomic mass is 32.1. The number of benzene rings is 8. The van der Waals surface area contributed by atoms with Crippen LogP contribution in [-0.4, -0.2) is 15.0 Å². The number of para-hydroxylation sites is 1. The van der Waals surface area contributed by atoms with E-state index in [2.05, 4.69) is 200 Å². The van der Waals surface area contributed by atoms with E-state index in [4.69, 9.17) is 15.0 Å². The Hall–Kier alpha value is -7.79. The van der Waals surface area contributed by atoms with Gasteiger partial charge in [0.2, 0.25) is 0 Å². The summed E-state index contributed by atoms with van der Waals surface area (Å²) in [6.07, 6.45) is 0. The largest absolute Gasteiger partial charge is 0.247 e. The SMILES string of the molecule is c1ccc(-c2cc(-c3ccccc3)cc(-c3sc4c(c(-c5ccccc5)nc5ccccc54)c3-c3ccc(-c4cc(-c5ccccc5)nc(-c5ccccc5)n4)cc3)c2)cc1. The molecule has 3 aromatic heterocycles. The van der Waals surface area contributed by atoms with Crippen LogP contribution in [0.2, 0.25) is 0 Å². The Bertz CT molecular complexity index is 3200. The molecule has 0 bridgehead atoms. The van der Waals surface area contributed by atoms with Crippen molar-refractivity contribution in [1.82, 2.24) is 15.0 Å². The molecule has 0 unspecified atom stereocenters. The number of fused-ring (bicyclic) bond motifs is 3. The fourth-order valence-corrected chi connectivity index (χ4v) is 9.64. The predicted octanol–water partition coefficient (Wildman–Crippen LogP) is 15.6. The van der Waals surface area contributed by atoms with Crippen molar-refractivity contribution in [1.29, 1.82) is 0 Å². The molecule has 3 heterocycles. The summed E-state index contributed by atoms with van der Waals surface area (Å²) < 4.78 is 1.22. The number of pyridine rings is 1. The van der Waals surface area contributed by atoms with E-state index < -0.39 is 0 Å². The number of hydrogen-bond donors (Lipinski definition) is 0. The van der Waals surface area contributed by atoms with Crippen LogP contribution >= 0.6 is 11.3 Å². The molecule has 0 amide bonds. The lowest BCUT2D eigenvalue weighted by Crippen LogP contribution is -1.96. The number of hydrogen-bond acceptors (Lipinski definition) is 4. The molecule has 4 heteroatoms. The monoisotopic (exact) mass is 795 g/mol. The highest BCUT2D eigenvalue weighted by molar-refractivity contribution is 7.24. The summed E-state index contributed by atoms with van der Waals surface area (Å²) in [5.41, 5.74) is 16.0. The number of thiophene rings is 1. The van der Waals surface area contributed by atoms with E-state index in [1.807, 2.05) is 35.6 Å². The summed E-state index contributed by atoms with van der Waals surface area (Å²) in [6.45, 7) is 0. The molecule has 0 saturated heterocycles. The standard InChI is InChI=1S/C57H37N3S/c1-6-18-38(19-7-1)45-34-46(39-20-8-2-9-21-39)36-47(35-45)55-52(53-54(43-24-12-4-13-25-43)58-49-29-17-16-28-48(49)56(53)61-55)42-32-30-41(31-33-42)51-37-50(40-22-10-3-11-23-40)59-57(60-51)44-26-14-5-15-27-44/h1-37H. The van der Waals surface area contributed by atoms with Crippen LogP contribution in [0.1, 0.15) is 0 Å². The van der Waals surface area contributed by atoms with Crippen molar-refractivity contribution in [3.8, 4) is 89.0 Å². The van der Waals surface area contributed by atoms with E-state index in [-0.39, 0.29) is 0 Å². The average Bonchev–Trinajstić information content (AvgIpc) is 3.76. The van der Waals surface area contributed by atoms with E-state index >= 15 is 0 Å². The van der Waals surface area contributed by atoms with Crippen LogP contribution < -0.4 is 0 Å². The molecule has 61 heavy (non-hydrogen) atoms. The molecule has 286 valence electrons. The Morgan fingerprint density at radius 1 is 0.311 bits per heavy atom. The van der Waals surface area contributed by atoms with Gasteiger partial charge >= 0.3 is 0 Å². The lowest BCUT2D eigenvalue weighted by Gasteiger charge is -2.14.